The van der Waals surface area contributed by atoms with Crippen LogP contribution in [0, 0.1) is 0 Å². The van der Waals surface area contributed by atoms with Crippen LogP contribution in [-0.4, -0.2) is 25.7 Å². The molecule has 134 valence electrons. The van der Waals surface area contributed by atoms with Crippen LogP contribution in [0.15, 0.2) is 72.8 Å². The Bertz CT molecular complexity index is 833. The van der Waals surface area contributed by atoms with Crippen LogP contribution >= 0.6 is 0 Å². The number of rotatable bonds is 9. The van der Waals surface area contributed by atoms with Crippen molar-refractivity contribution >= 4 is 16.7 Å². The average molecular weight is 349 g/mol. The number of hydrogen-bond acceptors (Lipinski definition) is 3. The first kappa shape index (κ1) is 17.8. The Morgan fingerprint density at radius 1 is 0.769 bits per heavy atom. The van der Waals surface area contributed by atoms with Gasteiger partial charge in [-0.1, -0.05) is 48.5 Å². The standard InChI is InChI=1S/C22H23NO3/c24-22(11-6-15-25-20-9-2-1-3-10-20)23-14-16-26-21-13-12-18-7-4-5-8-19(18)17-21/h1-5,7-10,12-13,17H,6,11,14-16H2,(H,23,24). The largest absolute Gasteiger partial charge is 0.494 e. The molecule has 0 unspecified atom stereocenters. The van der Waals surface area contributed by atoms with Crippen molar-refractivity contribution in [1.82, 2.24) is 5.32 Å². The maximum atomic E-state index is 11.8. The van der Waals surface area contributed by atoms with Crippen LogP contribution in [-0.2, 0) is 4.79 Å². The van der Waals surface area contributed by atoms with Crippen molar-refractivity contribution in [3.63, 3.8) is 0 Å². The molecule has 0 radical (unpaired) electrons. The lowest BCUT2D eigenvalue weighted by atomic mass is 10.1. The van der Waals surface area contributed by atoms with E-state index >= 15 is 0 Å². The van der Waals surface area contributed by atoms with E-state index in [0.717, 1.165) is 16.9 Å². The Labute approximate surface area is 153 Å². The van der Waals surface area contributed by atoms with E-state index < -0.39 is 0 Å². The van der Waals surface area contributed by atoms with E-state index in [-0.39, 0.29) is 5.91 Å². The van der Waals surface area contributed by atoms with E-state index in [4.69, 9.17) is 9.47 Å². The molecule has 0 aliphatic rings. The zero-order chi connectivity index (χ0) is 18.0. The molecule has 0 spiro atoms. The quantitative estimate of drug-likeness (QED) is 0.589. The lowest BCUT2D eigenvalue weighted by Crippen LogP contribution is -2.28. The second-order valence-electron chi connectivity index (χ2n) is 5.97. The van der Waals surface area contributed by atoms with Gasteiger partial charge in [0.15, 0.2) is 0 Å². The highest BCUT2D eigenvalue weighted by molar-refractivity contribution is 5.83. The van der Waals surface area contributed by atoms with Crippen LogP contribution in [0.5, 0.6) is 11.5 Å². The number of para-hydroxylation sites is 1. The molecule has 0 fully saturated rings. The fraction of sp³-hybridized carbons (Fsp3) is 0.227. The number of carbonyl (C=O) groups excluding carboxylic acids is 1. The number of fused-ring (bicyclic) bond motifs is 1. The zero-order valence-corrected chi connectivity index (χ0v) is 14.7. The van der Waals surface area contributed by atoms with E-state index in [1.165, 1.54) is 5.39 Å². The van der Waals surface area contributed by atoms with Crippen molar-refractivity contribution in [2.24, 2.45) is 0 Å². The summed E-state index contributed by atoms with van der Waals surface area (Å²) < 4.78 is 11.3. The molecule has 0 aliphatic heterocycles. The number of ether oxygens (including phenoxy) is 2. The Hall–Kier alpha value is -3.01. The van der Waals surface area contributed by atoms with Crippen molar-refractivity contribution in [2.75, 3.05) is 19.8 Å². The molecule has 0 saturated heterocycles. The summed E-state index contributed by atoms with van der Waals surface area (Å²) in [4.78, 5) is 11.8. The van der Waals surface area contributed by atoms with Gasteiger partial charge in [0.2, 0.25) is 5.91 Å². The van der Waals surface area contributed by atoms with E-state index in [9.17, 15) is 4.79 Å². The molecule has 3 aromatic carbocycles. The second-order valence-corrected chi connectivity index (χ2v) is 5.97. The van der Waals surface area contributed by atoms with E-state index in [2.05, 4.69) is 17.4 Å². The monoisotopic (exact) mass is 349 g/mol. The molecule has 3 aromatic rings. The summed E-state index contributed by atoms with van der Waals surface area (Å²) in [5, 5.41) is 5.20. The first-order valence-electron chi connectivity index (χ1n) is 8.87. The first-order valence-corrected chi connectivity index (χ1v) is 8.87. The van der Waals surface area contributed by atoms with E-state index in [0.29, 0.717) is 32.6 Å². The van der Waals surface area contributed by atoms with Gasteiger partial charge in [-0.05, 0) is 41.5 Å². The highest BCUT2D eigenvalue weighted by Crippen LogP contribution is 2.20. The Morgan fingerprint density at radius 2 is 1.50 bits per heavy atom. The molecule has 0 atom stereocenters. The molecule has 4 nitrogen and oxygen atoms in total. The molecule has 4 heteroatoms. The van der Waals surface area contributed by atoms with E-state index in [1.807, 2.05) is 60.7 Å². The normalized spacial score (nSPS) is 10.5. The third-order valence-corrected chi connectivity index (χ3v) is 3.97. The van der Waals surface area contributed by atoms with Gasteiger partial charge in [0, 0.05) is 6.42 Å². The molecular formula is C22H23NO3. The number of benzene rings is 3. The molecule has 0 aromatic heterocycles. The SMILES string of the molecule is O=C(CCCOc1ccccc1)NCCOc1ccc2ccccc2c1. The lowest BCUT2D eigenvalue weighted by molar-refractivity contribution is -0.121. The summed E-state index contributed by atoms with van der Waals surface area (Å²) in [6.45, 7) is 1.47. The van der Waals surface area contributed by atoms with E-state index in [1.54, 1.807) is 0 Å². The molecule has 0 heterocycles. The maximum Gasteiger partial charge on any atom is 0.220 e. The first-order chi connectivity index (χ1) is 12.8. The highest BCUT2D eigenvalue weighted by Gasteiger charge is 2.02. The molecular weight excluding hydrogens is 326 g/mol. The highest BCUT2D eigenvalue weighted by atomic mass is 16.5. The third-order valence-electron chi connectivity index (χ3n) is 3.97. The van der Waals surface area contributed by atoms with Crippen molar-refractivity contribution in [2.45, 2.75) is 12.8 Å². The van der Waals surface area contributed by atoms with Crippen LogP contribution < -0.4 is 14.8 Å². The maximum absolute atomic E-state index is 11.8. The fourth-order valence-corrected chi connectivity index (χ4v) is 2.64. The van der Waals surface area contributed by atoms with Gasteiger partial charge in [-0.15, -0.1) is 0 Å². The molecule has 0 bridgehead atoms. The van der Waals surface area contributed by atoms with Crippen LogP contribution in [0.2, 0.25) is 0 Å². The number of amides is 1. The van der Waals surface area contributed by atoms with Crippen LogP contribution in [0.25, 0.3) is 10.8 Å². The summed E-state index contributed by atoms with van der Waals surface area (Å²) in [6.07, 6.45) is 1.13. The molecule has 26 heavy (non-hydrogen) atoms. The Kier molecular flexibility index (Phi) is 6.48. The second kappa shape index (κ2) is 9.47. The number of nitrogens with one attached hydrogen (secondary N) is 1. The topological polar surface area (TPSA) is 47.6 Å². The van der Waals surface area contributed by atoms with Gasteiger partial charge in [0.05, 0.1) is 13.2 Å². The van der Waals surface area contributed by atoms with Crippen LogP contribution in [0.4, 0.5) is 0 Å². The lowest BCUT2D eigenvalue weighted by Gasteiger charge is -2.09. The summed E-state index contributed by atoms with van der Waals surface area (Å²) in [7, 11) is 0. The molecule has 1 amide bonds. The van der Waals surface area contributed by atoms with Crippen molar-refractivity contribution in [3.05, 3.63) is 72.8 Å². The summed E-state index contributed by atoms with van der Waals surface area (Å²) >= 11 is 0. The van der Waals surface area contributed by atoms with Gasteiger partial charge < -0.3 is 14.8 Å². The van der Waals surface area contributed by atoms with Crippen LogP contribution in [0.1, 0.15) is 12.8 Å². The average Bonchev–Trinajstić information content (AvgIpc) is 2.69. The van der Waals surface area contributed by atoms with Crippen molar-refractivity contribution in [1.29, 1.82) is 0 Å². The van der Waals surface area contributed by atoms with Gasteiger partial charge in [0.25, 0.3) is 0 Å². The molecule has 1 N–H and O–H groups in total. The smallest absolute Gasteiger partial charge is 0.220 e. The minimum atomic E-state index is 0.0174. The predicted molar refractivity (Wildman–Crippen MR) is 104 cm³/mol. The zero-order valence-electron chi connectivity index (χ0n) is 14.7. The fourth-order valence-electron chi connectivity index (χ4n) is 2.64. The summed E-state index contributed by atoms with van der Waals surface area (Å²) in [5.74, 6) is 1.66. The van der Waals surface area contributed by atoms with Crippen molar-refractivity contribution in [3.8, 4) is 11.5 Å². The van der Waals surface area contributed by atoms with Gasteiger partial charge in [-0.2, -0.15) is 0 Å². The van der Waals surface area contributed by atoms with Crippen molar-refractivity contribution < 1.29 is 14.3 Å². The number of carbonyl (C=O) groups is 1. The van der Waals surface area contributed by atoms with Gasteiger partial charge in [-0.25, -0.2) is 0 Å². The Balaban J connectivity index is 1.29. The number of hydrogen-bond donors (Lipinski definition) is 1. The van der Waals surface area contributed by atoms with Crippen LogP contribution in [0.3, 0.4) is 0 Å². The molecule has 0 aliphatic carbocycles. The predicted octanol–water partition coefficient (Wildman–Crippen LogP) is 4.19. The van der Waals surface area contributed by atoms with Gasteiger partial charge in [0.1, 0.15) is 18.1 Å². The summed E-state index contributed by atoms with van der Waals surface area (Å²) in [5.41, 5.74) is 0. The van der Waals surface area contributed by atoms with Gasteiger partial charge in [-0.3, -0.25) is 4.79 Å². The third kappa shape index (κ3) is 5.52. The minimum Gasteiger partial charge on any atom is -0.494 e. The molecule has 0 saturated carbocycles. The summed E-state index contributed by atoms with van der Waals surface area (Å²) in [6, 6.07) is 23.8. The molecule has 3 rings (SSSR count). The van der Waals surface area contributed by atoms with Gasteiger partial charge >= 0.3 is 0 Å². The minimum absolute atomic E-state index is 0.0174. The Morgan fingerprint density at radius 3 is 2.35 bits per heavy atom.